The molecule has 4 heteroatoms. The standard InChI is InChI=1S/C12H26O3P/c1-6-12(3,14)9-8-10-15-11(13)16(4,5)7-2/h14H,6-10H2,1-5H3/q+1. The van der Waals surface area contributed by atoms with Crippen LogP contribution in [0.2, 0.25) is 0 Å². The van der Waals surface area contributed by atoms with E-state index in [1.165, 1.54) is 0 Å². The molecule has 0 aliphatic heterocycles. The summed E-state index contributed by atoms with van der Waals surface area (Å²) in [5.41, 5.74) is -0.659. The van der Waals surface area contributed by atoms with E-state index in [-0.39, 0.29) is 5.71 Å². The molecule has 0 aliphatic carbocycles. The lowest BCUT2D eigenvalue weighted by molar-refractivity contribution is 0.0391. The van der Waals surface area contributed by atoms with Gasteiger partial charge < -0.3 is 9.84 Å². The predicted octanol–water partition coefficient (Wildman–Crippen LogP) is 3.36. The van der Waals surface area contributed by atoms with Crippen LogP contribution in [-0.4, -0.2) is 42.5 Å². The molecule has 0 saturated carbocycles. The molecule has 1 N–H and O–H groups in total. The Morgan fingerprint density at radius 2 is 1.94 bits per heavy atom. The van der Waals surface area contributed by atoms with Gasteiger partial charge in [-0.15, -0.1) is 0 Å². The fraction of sp³-hybridized carbons (Fsp3) is 0.917. The molecule has 0 spiro atoms. The molecule has 0 aromatic heterocycles. The molecule has 0 aromatic rings. The summed E-state index contributed by atoms with van der Waals surface area (Å²) in [6, 6.07) is 0. The van der Waals surface area contributed by atoms with Gasteiger partial charge in [0.15, 0.2) is 0 Å². The fourth-order valence-electron chi connectivity index (χ4n) is 1.09. The highest BCUT2D eigenvalue weighted by Gasteiger charge is 2.35. The molecule has 1 atom stereocenters. The Morgan fingerprint density at radius 3 is 2.38 bits per heavy atom. The highest BCUT2D eigenvalue weighted by molar-refractivity contribution is 7.89. The lowest BCUT2D eigenvalue weighted by Gasteiger charge is -2.21. The average molecular weight is 249 g/mol. The molecular weight excluding hydrogens is 223 g/mol. The Kier molecular flexibility index (Phi) is 6.50. The molecular formula is C12H26O3P+. The van der Waals surface area contributed by atoms with Crippen molar-refractivity contribution in [3.05, 3.63) is 0 Å². The van der Waals surface area contributed by atoms with Gasteiger partial charge in [0.05, 0.1) is 31.7 Å². The van der Waals surface area contributed by atoms with Crippen LogP contribution in [-0.2, 0) is 4.74 Å². The van der Waals surface area contributed by atoms with Crippen molar-refractivity contribution in [2.75, 3.05) is 26.1 Å². The number of aliphatic hydroxyl groups is 1. The van der Waals surface area contributed by atoms with E-state index in [9.17, 15) is 9.90 Å². The maximum absolute atomic E-state index is 11.7. The van der Waals surface area contributed by atoms with Crippen molar-refractivity contribution in [1.29, 1.82) is 0 Å². The Balaban J connectivity index is 3.80. The van der Waals surface area contributed by atoms with Crippen LogP contribution in [0.1, 0.15) is 40.0 Å². The van der Waals surface area contributed by atoms with E-state index in [0.29, 0.717) is 13.0 Å². The molecule has 96 valence electrons. The third-order valence-corrected chi connectivity index (χ3v) is 5.83. The largest absolute Gasteiger partial charge is 0.450 e. The monoisotopic (exact) mass is 249 g/mol. The van der Waals surface area contributed by atoms with Gasteiger partial charge in [0.1, 0.15) is 7.26 Å². The third-order valence-electron chi connectivity index (χ3n) is 3.13. The highest BCUT2D eigenvalue weighted by atomic mass is 31.2. The van der Waals surface area contributed by atoms with E-state index in [1.807, 2.05) is 34.1 Å². The molecule has 0 radical (unpaired) electrons. The second-order valence-electron chi connectivity index (χ2n) is 5.07. The normalized spacial score (nSPS) is 15.6. The van der Waals surface area contributed by atoms with Crippen LogP contribution in [0.5, 0.6) is 0 Å². The van der Waals surface area contributed by atoms with Crippen molar-refractivity contribution in [2.24, 2.45) is 0 Å². The van der Waals surface area contributed by atoms with Crippen molar-refractivity contribution in [1.82, 2.24) is 0 Å². The minimum Gasteiger partial charge on any atom is -0.436 e. The quantitative estimate of drug-likeness (QED) is 0.556. The van der Waals surface area contributed by atoms with Crippen molar-refractivity contribution >= 4 is 13.0 Å². The van der Waals surface area contributed by atoms with Crippen LogP contribution in [0, 0.1) is 0 Å². The Bertz CT molecular complexity index is 224. The van der Waals surface area contributed by atoms with Gasteiger partial charge in [0.2, 0.25) is 0 Å². The molecule has 0 aromatic carbocycles. The van der Waals surface area contributed by atoms with Crippen molar-refractivity contribution in [2.45, 2.75) is 45.6 Å². The molecule has 0 aliphatic rings. The summed E-state index contributed by atoms with van der Waals surface area (Å²) in [5, 5.41) is 9.76. The molecule has 0 fully saturated rings. The van der Waals surface area contributed by atoms with Gasteiger partial charge in [-0.05, 0) is 33.1 Å². The zero-order chi connectivity index (χ0) is 12.8. The Hall–Kier alpha value is -0.140. The number of hydrogen-bond acceptors (Lipinski definition) is 3. The molecule has 3 nitrogen and oxygen atoms in total. The zero-order valence-electron chi connectivity index (χ0n) is 11.2. The molecule has 0 amide bonds. The molecule has 0 heterocycles. The van der Waals surface area contributed by atoms with Crippen LogP contribution in [0.25, 0.3) is 0 Å². The second kappa shape index (κ2) is 6.56. The predicted molar refractivity (Wildman–Crippen MR) is 70.8 cm³/mol. The van der Waals surface area contributed by atoms with E-state index in [2.05, 4.69) is 0 Å². The van der Waals surface area contributed by atoms with Gasteiger partial charge in [-0.3, -0.25) is 0 Å². The van der Waals surface area contributed by atoms with Crippen LogP contribution in [0.4, 0.5) is 4.79 Å². The van der Waals surface area contributed by atoms with E-state index in [1.54, 1.807) is 0 Å². The first kappa shape index (κ1) is 15.9. The first-order chi connectivity index (χ1) is 7.25. The van der Waals surface area contributed by atoms with Crippen molar-refractivity contribution in [3.63, 3.8) is 0 Å². The second-order valence-corrected chi connectivity index (χ2v) is 9.44. The number of ether oxygens (including phenoxy) is 1. The molecule has 16 heavy (non-hydrogen) atoms. The summed E-state index contributed by atoms with van der Waals surface area (Å²) in [6.45, 7) is 10.2. The van der Waals surface area contributed by atoms with Crippen LogP contribution >= 0.6 is 7.26 Å². The summed E-state index contributed by atoms with van der Waals surface area (Å²) >= 11 is 0. The SMILES string of the molecule is CCC(C)(O)CCCOC(=O)[P+](C)(C)CC. The lowest BCUT2D eigenvalue weighted by Crippen LogP contribution is -2.23. The highest BCUT2D eigenvalue weighted by Crippen LogP contribution is 2.52. The first-order valence-electron chi connectivity index (χ1n) is 5.98. The van der Waals surface area contributed by atoms with Gasteiger partial charge >= 0.3 is 5.71 Å². The Morgan fingerprint density at radius 1 is 1.38 bits per heavy atom. The van der Waals surface area contributed by atoms with Crippen LogP contribution < -0.4 is 0 Å². The summed E-state index contributed by atoms with van der Waals surface area (Å²) in [4.78, 5) is 11.7. The summed E-state index contributed by atoms with van der Waals surface area (Å²) in [6.07, 6.45) is 3.03. The number of carbonyl (C=O) groups is 1. The fourth-order valence-corrected chi connectivity index (χ4v) is 1.79. The van der Waals surface area contributed by atoms with Gasteiger partial charge in [-0.2, -0.15) is 0 Å². The molecule has 0 saturated heterocycles. The van der Waals surface area contributed by atoms with Crippen LogP contribution in [0.15, 0.2) is 0 Å². The maximum atomic E-state index is 11.7. The van der Waals surface area contributed by atoms with Gasteiger partial charge in [-0.25, -0.2) is 4.79 Å². The maximum Gasteiger partial charge on any atom is 0.450 e. The number of rotatable bonds is 7. The first-order valence-corrected chi connectivity index (χ1v) is 8.84. The lowest BCUT2D eigenvalue weighted by atomic mass is 9.98. The van der Waals surface area contributed by atoms with Crippen LogP contribution in [0.3, 0.4) is 0 Å². The van der Waals surface area contributed by atoms with E-state index < -0.39 is 12.9 Å². The molecule has 1 unspecified atom stereocenters. The van der Waals surface area contributed by atoms with Gasteiger partial charge in [0.25, 0.3) is 0 Å². The summed E-state index contributed by atoms with van der Waals surface area (Å²) < 4.78 is 5.24. The van der Waals surface area contributed by atoms with E-state index in [0.717, 1.165) is 19.0 Å². The summed E-state index contributed by atoms with van der Waals surface area (Å²) in [5.74, 6) is 0. The van der Waals surface area contributed by atoms with Gasteiger partial charge in [0, 0.05) is 0 Å². The van der Waals surface area contributed by atoms with E-state index in [4.69, 9.17) is 4.74 Å². The van der Waals surface area contributed by atoms with E-state index >= 15 is 0 Å². The van der Waals surface area contributed by atoms with Gasteiger partial charge in [-0.1, -0.05) is 6.92 Å². The third kappa shape index (κ3) is 5.81. The molecule has 0 rings (SSSR count). The summed E-state index contributed by atoms with van der Waals surface area (Å²) in [7, 11) is -1.53. The van der Waals surface area contributed by atoms with Crippen molar-refractivity contribution < 1.29 is 14.6 Å². The zero-order valence-corrected chi connectivity index (χ0v) is 12.1. The minimum atomic E-state index is -1.53. The van der Waals surface area contributed by atoms with Crippen molar-refractivity contribution in [3.8, 4) is 0 Å². The number of carbonyl (C=O) groups excluding carboxylic acids is 1. The smallest absolute Gasteiger partial charge is 0.436 e. The molecule has 0 bridgehead atoms. The topological polar surface area (TPSA) is 46.5 Å². The Labute approximate surface area is 99.9 Å². The average Bonchev–Trinajstić information content (AvgIpc) is 2.24. The minimum absolute atomic E-state index is 0.0360. The number of hydrogen-bond donors (Lipinski definition) is 1.